The Bertz CT molecular complexity index is 393. The number of ether oxygens (including phenoxy) is 1. The zero-order valence-electron chi connectivity index (χ0n) is 11.7. The average molecular weight is 265 g/mol. The van der Waals surface area contributed by atoms with E-state index in [1.54, 1.807) is 0 Å². The maximum Gasteiger partial charge on any atom is 0.255 e. The number of hydrogen-bond donors (Lipinski definition) is 0. The van der Waals surface area contributed by atoms with Crippen LogP contribution in [-0.4, -0.2) is 41.8 Å². The highest BCUT2D eigenvalue weighted by Gasteiger charge is 2.24. The largest absolute Gasteiger partial charge is 0.368 e. The van der Waals surface area contributed by atoms with E-state index in [4.69, 9.17) is 9.26 Å². The molecule has 3 rings (SSSR count). The van der Waals surface area contributed by atoms with Crippen molar-refractivity contribution in [1.29, 1.82) is 0 Å². The van der Waals surface area contributed by atoms with Crippen molar-refractivity contribution in [3.63, 3.8) is 0 Å². The Morgan fingerprint density at radius 3 is 2.79 bits per heavy atom. The Morgan fingerprint density at radius 2 is 2.05 bits per heavy atom. The minimum absolute atomic E-state index is 0.0347. The predicted molar refractivity (Wildman–Crippen MR) is 70.8 cm³/mol. The molecule has 0 N–H and O–H groups in total. The van der Waals surface area contributed by atoms with Crippen LogP contribution in [-0.2, 0) is 11.2 Å². The highest BCUT2D eigenvalue weighted by atomic mass is 16.5. The van der Waals surface area contributed by atoms with Crippen molar-refractivity contribution in [1.82, 2.24) is 15.0 Å². The Morgan fingerprint density at radius 1 is 1.21 bits per heavy atom. The Balaban J connectivity index is 1.55. The zero-order valence-corrected chi connectivity index (χ0v) is 11.7. The van der Waals surface area contributed by atoms with Crippen LogP contribution in [0.2, 0.25) is 0 Å². The second-order valence-electron chi connectivity index (χ2n) is 5.85. The van der Waals surface area contributed by atoms with E-state index in [1.807, 2.05) is 0 Å². The lowest BCUT2D eigenvalue weighted by Gasteiger charge is -2.28. The molecule has 1 unspecified atom stereocenters. The molecule has 0 radical (unpaired) electrons. The number of nitrogens with zero attached hydrogens (tertiary/aromatic N) is 3. The van der Waals surface area contributed by atoms with Crippen molar-refractivity contribution in [2.45, 2.75) is 44.6 Å². The van der Waals surface area contributed by atoms with Gasteiger partial charge in [-0.05, 0) is 58.2 Å². The molecule has 2 aliphatic rings. The molecule has 1 aromatic heterocycles. The van der Waals surface area contributed by atoms with Crippen LogP contribution in [0.3, 0.4) is 0 Å². The van der Waals surface area contributed by atoms with E-state index in [0.717, 1.165) is 31.7 Å². The van der Waals surface area contributed by atoms with E-state index < -0.39 is 0 Å². The molecule has 106 valence electrons. The van der Waals surface area contributed by atoms with Gasteiger partial charge in [0.2, 0.25) is 0 Å². The summed E-state index contributed by atoms with van der Waals surface area (Å²) >= 11 is 0. The van der Waals surface area contributed by atoms with Crippen molar-refractivity contribution in [2.75, 3.05) is 26.7 Å². The smallest absolute Gasteiger partial charge is 0.255 e. The molecule has 19 heavy (non-hydrogen) atoms. The molecular formula is C14H23N3O2. The molecule has 0 amide bonds. The summed E-state index contributed by atoms with van der Waals surface area (Å²) < 4.78 is 11.0. The maximum absolute atomic E-state index is 5.68. The van der Waals surface area contributed by atoms with Gasteiger partial charge in [-0.2, -0.15) is 4.98 Å². The average Bonchev–Trinajstić information content (AvgIpc) is 2.91. The second kappa shape index (κ2) is 6.01. The Kier molecular flexibility index (Phi) is 4.13. The standard InChI is InChI=1S/C14H23N3O2/c1-17-7-5-11(6-8-17)10-13-15-14(19-16-13)12-4-2-3-9-18-12/h11-12H,2-10H2,1H3. The van der Waals surface area contributed by atoms with Crippen LogP contribution in [0.1, 0.15) is 49.9 Å². The van der Waals surface area contributed by atoms with E-state index >= 15 is 0 Å². The highest BCUT2D eigenvalue weighted by Crippen LogP contribution is 2.27. The zero-order chi connectivity index (χ0) is 13.1. The fourth-order valence-electron chi connectivity index (χ4n) is 2.94. The van der Waals surface area contributed by atoms with Crippen LogP contribution in [0.5, 0.6) is 0 Å². The summed E-state index contributed by atoms with van der Waals surface area (Å²) in [6.45, 7) is 3.18. The Labute approximate surface area is 114 Å². The topological polar surface area (TPSA) is 51.4 Å². The van der Waals surface area contributed by atoms with E-state index in [1.165, 1.54) is 32.4 Å². The molecule has 2 saturated heterocycles. The summed E-state index contributed by atoms with van der Waals surface area (Å²) in [5.74, 6) is 2.25. The first-order chi connectivity index (χ1) is 9.31. The van der Waals surface area contributed by atoms with Crippen LogP contribution in [0.15, 0.2) is 4.52 Å². The number of hydrogen-bond acceptors (Lipinski definition) is 5. The second-order valence-corrected chi connectivity index (χ2v) is 5.85. The van der Waals surface area contributed by atoms with Crippen LogP contribution in [0.4, 0.5) is 0 Å². The van der Waals surface area contributed by atoms with E-state index in [-0.39, 0.29) is 6.10 Å². The number of aromatic nitrogens is 2. The molecule has 0 bridgehead atoms. The van der Waals surface area contributed by atoms with E-state index in [0.29, 0.717) is 11.8 Å². The summed E-state index contributed by atoms with van der Waals surface area (Å²) in [5, 5.41) is 4.12. The molecule has 5 heteroatoms. The molecule has 3 heterocycles. The summed E-state index contributed by atoms with van der Waals surface area (Å²) in [6, 6.07) is 0. The minimum atomic E-state index is 0.0347. The van der Waals surface area contributed by atoms with Gasteiger partial charge in [-0.15, -0.1) is 0 Å². The third-order valence-electron chi connectivity index (χ3n) is 4.25. The minimum Gasteiger partial charge on any atom is -0.368 e. The number of piperidine rings is 1. The molecule has 0 spiro atoms. The SMILES string of the molecule is CN1CCC(Cc2noc(C3CCCCO3)n2)CC1. The van der Waals surface area contributed by atoms with Gasteiger partial charge in [0.15, 0.2) is 5.82 Å². The lowest BCUT2D eigenvalue weighted by atomic mass is 9.93. The molecule has 0 saturated carbocycles. The quantitative estimate of drug-likeness (QED) is 0.838. The fourth-order valence-corrected chi connectivity index (χ4v) is 2.94. The third kappa shape index (κ3) is 3.34. The normalized spacial score (nSPS) is 26.7. The van der Waals surface area contributed by atoms with Gasteiger partial charge in [0.25, 0.3) is 5.89 Å². The fraction of sp³-hybridized carbons (Fsp3) is 0.857. The van der Waals surface area contributed by atoms with Crippen LogP contribution < -0.4 is 0 Å². The molecule has 2 aliphatic heterocycles. The van der Waals surface area contributed by atoms with E-state index in [2.05, 4.69) is 22.1 Å². The number of likely N-dealkylation sites (tertiary alicyclic amines) is 1. The van der Waals surface area contributed by atoms with Gasteiger partial charge < -0.3 is 14.2 Å². The van der Waals surface area contributed by atoms with Crippen molar-refractivity contribution in [3.8, 4) is 0 Å². The van der Waals surface area contributed by atoms with Gasteiger partial charge in [-0.25, -0.2) is 0 Å². The molecule has 1 atom stereocenters. The van der Waals surface area contributed by atoms with Crippen molar-refractivity contribution < 1.29 is 9.26 Å². The molecule has 5 nitrogen and oxygen atoms in total. The monoisotopic (exact) mass is 265 g/mol. The van der Waals surface area contributed by atoms with Gasteiger partial charge in [-0.1, -0.05) is 5.16 Å². The van der Waals surface area contributed by atoms with Crippen LogP contribution >= 0.6 is 0 Å². The molecule has 1 aromatic rings. The lowest BCUT2D eigenvalue weighted by Crippen LogP contribution is -2.31. The first-order valence-electron chi connectivity index (χ1n) is 7.44. The molecule has 0 aliphatic carbocycles. The number of rotatable bonds is 3. The summed E-state index contributed by atoms with van der Waals surface area (Å²) in [7, 11) is 2.18. The van der Waals surface area contributed by atoms with Crippen LogP contribution in [0.25, 0.3) is 0 Å². The van der Waals surface area contributed by atoms with Gasteiger partial charge in [0.1, 0.15) is 6.10 Å². The van der Waals surface area contributed by atoms with Crippen LogP contribution in [0, 0.1) is 5.92 Å². The Hall–Kier alpha value is -0.940. The van der Waals surface area contributed by atoms with E-state index in [9.17, 15) is 0 Å². The van der Waals surface area contributed by atoms with Gasteiger partial charge in [0.05, 0.1) is 0 Å². The summed E-state index contributed by atoms with van der Waals surface area (Å²) in [5.41, 5.74) is 0. The van der Waals surface area contributed by atoms with Crippen molar-refractivity contribution in [3.05, 3.63) is 11.7 Å². The summed E-state index contributed by atoms with van der Waals surface area (Å²) in [6.07, 6.45) is 6.80. The first kappa shape index (κ1) is 13.1. The van der Waals surface area contributed by atoms with Gasteiger partial charge >= 0.3 is 0 Å². The highest BCUT2D eigenvalue weighted by molar-refractivity contribution is 4.93. The maximum atomic E-state index is 5.68. The van der Waals surface area contributed by atoms with Gasteiger partial charge in [0, 0.05) is 13.0 Å². The van der Waals surface area contributed by atoms with Crippen molar-refractivity contribution >= 4 is 0 Å². The third-order valence-corrected chi connectivity index (χ3v) is 4.25. The predicted octanol–water partition coefficient (Wildman–Crippen LogP) is 2.20. The molecular weight excluding hydrogens is 242 g/mol. The first-order valence-corrected chi connectivity index (χ1v) is 7.44. The van der Waals surface area contributed by atoms with Gasteiger partial charge in [-0.3, -0.25) is 0 Å². The molecule has 2 fully saturated rings. The molecule has 0 aromatic carbocycles. The lowest BCUT2D eigenvalue weighted by molar-refractivity contribution is -0.00459. The summed E-state index contributed by atoms with van der Waals surface area (Å²) in [4.78, 5) is 6.91. The van der Waals surface area contributed by atoms with Crippen molar-refractivity contribution in [2.24, 2.45) is 5.92 Å².